The number of benzene rings is 2. The number of nitrogens with zero attached hydrogens (tertiary/aromatic N) is 1. The van der Waals surface area contributed by atoms with Crippen molar-refractivity contribution < 1.29 is 22.3 Å². The van der Waals surface area contributed by atoms with Crippen LogP contribution in [-0.4, -0.2) is 27.1 Å². The summed E-state index contributed by atoms with van der Waals surface area (Å²) >= 11 is 5.77. The van der Waals surface area contributed by atoms with E-state index >= 15 is 0 Å². The van der Waals surface area contributed by atoms with Crippen LogP contribution >= 0.6 is 11.6 Å². The lowest BCUT2D eigenvalue weighted by Crippen LogP contribution is -2.20. The minimum Gasteiger partial charge on any atom is -0.494 e. The normalized spacial score (nSPS) is 12.0. The van der Waals surface area contributed by atoms with Gasteiger partial charge in [-0.25, -0.2) is 23.4 Å². The number of halogens is 2. The molecule has 0 fully saturated rings. The van der Waals surface area contributed by atoms with Gasteiger partial charge in [-0.3, -0.25) is 4.79 Å². The third-order valence-corrected chi connectivity index (χ3v) is 4.79. The molecule has 0 aromatic heterocycles. The molecule has 0 radical (unpaired) electrons. The molecule has 0 spiro atoms. The molecule has 26 heavy (non-hydrogen) atoms. The molecule has 138 valence electrons. The number of hydrogen-bond acceptors (Lipinski definition) is 5. The van der Waals surface area contributed by atoms with Crippen molar-refractivity contribution in [3.05, 3.63) is 58.4 Å². The number of amides is 1. The lowest BCUT2D eigenvalue weighted by Gasteiger charge is -2.07. The van der Waals surface area contributed by atoms with Crippen LogP contribution in [0.3, 0.4) is 0 Å². The van der Waals surface area contributed by atoms with Gasteiger partial charge in [0, 0.05) is 11.1 Å². The Morgan fingerprint density at radius 2 is 1.88 bits per heavy atom. The summed E-state index contributed by atoms with van der Waals surface area (Å²) in [6.07, 6.45) is 0. The Labute approximate surface area is 154 Å². The Hall–Kier alpha value is -2.49. The van der Waals surface area contributed by atoms with Crippen molar-refractivity contribution in [1.82, 2.24) is 5.43 Å². The third-order valence-electron chi connectivity index (χ3n) is 3.39. The molecular formula is C16H15ClFN3O4S. The quantitative estimate of drug-likeness (QED) is 0.593. The maximum atomic E-state index is 13.7. The number of rotatable bonds is 5. The van der Waals surface area contributed by atoms with E-state index in [0.717, 1.165) is 6.07 Å². The van der Waals surface area contributed by atoms with Crippen LogP contribution in [0.4, 0.5) is 4.39 Å². The maximum Gasteiger partial charge on any atom is 0.271 e. The average Bonchev–Trinajstić information content (AvgIpc) is 2.58. The molecule has 0 bridgehead atoms. The number of hydrazone groups is 1. The van der Waals surface area contributed by atoms with Gasteiger partial charge in [-0.1, -0.05) is 11.6 Å². The zero-order valence-corrected chi connectivity index (χ0v) is 15.4. The molecule has 2 aromatic carbocycles. The van der Waals surface area contributed by atoms with Crippen molar-refractivity contribution >= 4 is 33.2 Å². The third kappa shape index (κ3) is 4.57. The molecular weight excluding hydrogens is 385 g/mol. The minimum atomic E-state index is -4.08. The SMILES string of the molecule is COc1ccc(/C(C)=N\NC(=O)c2ccc(Cl)c(S(N)(=O)=O)c2)cc1F. The van der Waals surface area contributed by atoms with Gasteiger partial charge in [-0.15, -0.1) is 0 Å². The van der Waals surface area contributed by atoms with Crippen LogP contribution in [0.25, 0.3) is 0 Å². The van der Waals surface area contributed by atoms with E-state index < -0.39 is 21.7 Å². The van der Waals surface area contributed by atoms with E-state index in [2.05, 4.69) is 10.5 Å². The Bertz CT molecular complexity index is 993. The van der Waals surface area contributed by atoms with Crippen molar-refractivity contribution in [2.45, 2.75) is 11.8 Å². The summed E-state index contributed by atoms with van der Waals surface area (Å²) in [4.78, 5) is 11.8. The highest BCUT2D eigenvalue weighted by molar-refractivity contribution is 7.89. The zero-order valence-electron chi connectivity index (χ0n) is 13.8. The Balaban J connectivity index is 2.22. The molecule has 3 N–H and O–H groups in total. The smallest absolute Gasteiger partial charge is 0.271 e. The second kappa shape index (κ2) is 7.81. The fraction of sp³-hybridized carbons (Fsp3) is 0.125. The number of sulfonamides is 1. The maximum absolute atomic E-state index is 13.7. The zero-order chi connectivity index (χ0) is 19.5. The highest BCUT2D eigenvalue weighted by Gasteiger charge is 2.16. The molecule has 2 rings (SSSR count). The van der Waals surface area contributed by atoms with Crippen LogP contribution in [0.2, 0.25) is 5.02 Å². The summed E-state index contributed by atoms with van der Waals surface area (Å²) in [5.74, 6) is -1.16. The molecule has 0 atom stereocenters. The number of ether oxygens (including phenoxy) is 1. The minimum absolute atomic E-state index is 0.00381. The standard InChI is InChI=1S/C16H15ClFN3O4S/c1-9(10-4-6-14(25-2)13(18)7-10)20-21-16(22)11-3-5-12(17)15(8-11)26(19,23)24/h3-8H,1-2H3,(H,21,22)(H2,19,23,24)/b20-9-. The van der Waals surface area contributed by atoms with Crippen molar-refractivity contribution in [3.8, 4) is 5.75 Å². The molecule has 2 aromatic rings. The molecule has 0 saturated heterocycles. The molecule has 0 aliphatic rings. The molecule has 0 saturated carbocycles. The number of carbonyl (C=O) groups is 1. The summed E-state index contributed by atoms with van der Waals surface area (Å²) in [6.45, 7) is 1.57. The Morgan fingerprint density at radius 3 is 2.46 bits per heavy atom. The Morgan fingerprint density at radius 1 is 1.23 bits per heavy atom. The molecule has 0 aliphatic heterocycles. The topological polar surface area (TPSA) is 111 Å². The van der Waals surface area contributed by atoms with Crippen LogP contribution in [0.1, 0.15) is 22.8 Å². The second-order valence-corrected chi connectivity index (χ2v) is 7.11. The number of methoxy groups -OCH3 is 1. The number of hydrogen-bond donors (Lipinski definition) is 2. The summed E-state index contributed by atoms with van der Waals surface area (Å²) < 4.78 is 41.5. The number of primary sulfonamides is 1. The fourth-order valence-corrected chi connectivity index (χ4v) is 3.09. The largest absolute Gasteiger partial charge is 0.494 e. The molecule has 7 nitrogen and oxygen atoms in total. The van der Waals surface area contributed by atoms with Gasteiger partial charge in [-0.05, 0) is 43.3 Å². The first kappa shape index (κ1) is 19.8. The van der Waals surface area contributed by atoms with Gasteiger partial charge < -0.3 is 4.74 Å². The van der Waals surface area contributed by atoms with E-state index in [4.69, 9.17) is 21.5 Å². The van der Waals surface area contributed by atoms with E-state index in [1.54, 1.807) is 13.0 Å². The van der Waals surface area contributed by atoms with E-state index in [0.29, 0.717) is 11.3 Å². The van der Waals surface area contributed by atoms with Crippen LogP contribution in [0.5, 0.6) is 5.75 Å². The van der Waals surface area contributed by atoms with Gasteiger partial charge in [0.2, 0.25) is 10.0 Å². The van der Waals surface area contributed by atoms with Gasteiger partial charge in [0.25, 0.3) is 5.91 Å². The lowest BCUT2D eigenvalue weighted by molar-refractivity contribution is 0.0954. The van der Waals surface area contributed by atoms with E-state index in [-0.39, 0.29) is 21.2 Å². The predicted octanol–water partition coefficient (Wildman–Crippen LogP) is 2.29. The summed E-state index contributed by atoms with van der Waals surface area (Å²) in [6, 6.07) is 7.84. The highest BCUT2D eigenvalue weighted by Crippen LogP contribution is 2.21. The van der Waals surface area contributed by atoms with E-state index in [9.17, 15) is 17.6 Å². The average molecular weight is 400 g/mol. The molecule has 10 heteroatoms. The predicted molar refractivity (Wildman–Crippen MR) is 95.5 cm³/mol. The van der Waals surface area contributed by atoms with Crippen LogP contribution in [0, 0.1) is 5.82 Å². The fourth-order valence-electron chi connectivity index (χ4n) is 2.02. The molecule has 0 heterocycles. The van der Waals surface area contributed by atoms with Crippen LogP contribution < -0.4 is 15.3 Å². The number of carbonyl (C=O) groups excluding carboxylic acids is 1. The highest BCUT2D eigenvalue weighted by atomic mass is 35.5. The first-order valence-electron chi connectivity index (χ1n) is 7.14. The number of nitrogens with one attached hydrogen (secondary N) is 1. The summed E-state index contributed by atoms with van der Waals surface area (Å²) in [5, 5.41) is 8.82. The first-order chi connectivity index (χ1) is 12.1. The van der Waals surface area contributed by atoms with E-state index in [1.165, 1.54) is 31.4 Å². The van der Waals surface area contributed by atoms with Gasteiger partial charge in [0.05, 0.1) is 17.8 Å². The van der Waals surface area contributed by atoms with Gasteiger partial charge in [0.1, 0.15) is 4.90 Å². The molecule has 1 amide bonds. The lowest BCUT2D eigenvalue weighted by atomic mass is 10.1. The molecule has 0 unspecified atom stereocenters. The first-order valence-corrected chi connectivity index (χ1v) is 9.07. The summed E-state index contributed by atoms with van der Waals surface area (Å²) in [5.41, 5.74) is 3.03. The van der Waals surface area contributed by atoms with Gasteiger partial charge in [0.15, 0.2) is 11.6 Å². The molecule has 0 aliphatic carbocycles. The second-order valence-electron chi connectivity index (χ2n) is 5.18. The van der Waals surface area contributed by atoms with Crippen molar-refractivity contribution in [2.24, 2.45) is 10.2 Å². The Kier molecular flexibility index (Phi) is 5.96. The summed E-state index contributed by atoms with van der Waals surface area (Å²) in [7, 11) is -2.73. The van der Waals surface area contributed by atoms with Crippen LogP contribution in [0.15, 0.2) is 46.4 Å². The van der Waals surface area contributed by atoms with E-state index in [1.807, 2.05) is 0 Å². The van der Waals surface area contributed by atoms with Crippen LogP contribution in [-0.2, 0) is 10.0 Å². The van der Waals surface area contributed by atoms with Crippen molar-refractivity contribution in [1.29, 1.82) is 0 Å². The monoisotopic (exact) mass is 399 g/mol. The van der Waals surface area contributed by atoms with Crippen molar-refractivity contribution in [2.75, 3.05) is 7.11 Å². The van der Waals surface area contributed by atoms with Gasteiger partial charge in [-0.2, -0.15) is 5.10 Å². The van der Waals surface area contributed by atoms with Gasteiger partial charge >= 0.3 is 0 Å². The van der Waals surface area contributed by atoms with Crippen molar-refractivity contribution in [3.63, 3.8) is 0 Å². The number of nitrogens with two attached hydrogens (primary N) is 1.